The standard InChI is InChI=1S/C9H4ClF3N2O/c10-7(16)5-1-3-6(4-2-5)8(14-15-8)9(11,12)13/h1-4H. The molecule has 0 unspecified atom stereocenters. The Bertz CT molecular complexity index is 461. The van der Waals surface area contributed by atoms with Gasteiger partial charge < -0.3 is 0 Å². The van der Waals surface area contributed by atoms with Crippen LogP contribution < -0.4 is 0 Å². The van der Waals surface area contributed by atoms with Crippen molar-refractivity contribution in [1.82, 2.24) is 0 Å². The van der Waals surface area contributed by atoms with E-state index >= 15 is 0 Å². The maximum Gasteiger partial charge on any atom is 0.442 e. The highest BCUT2D eigenvalue weighted by atomic mass is 35.5. The Morgan fingerprint density at radius 3 is 2.00 bits per heavy atom. The number of alkyl halides is 3. The van der Waals surface area contributed by atoms with Crippen LogP contribution in [-0.2, 0) is 5.66 Å². The van der Waals surface area contributed by atoms with Gasteiger partial charge in [0.15, 0.2) is 0 Å². The molecule has 1 aromatic rings. The predicted molar refractivity (Wildman–Crippen MR) is 49.2 cm³/mol. The van der Waals surface area contributed by atoms with E-state index in [1.807, 2.05) is 0 Å². The predicted octanol–water partition coefficient (Wildman–Crippen LogP) is 3.25. The fraction of sp³-hybridized carbons (Fsp3) is 0.222. The van der Waals surface area contributed by atoms with Gasteiger partial charge >= 0.3 is 11.8 Å². The molecule has 1 aliphatic heterocycles. The SMILES string of the molecule is O=C(Cl)c1ccc(C2(C(F)(F)F)N=N2)cc1. The smallest absolute Gasteiger partial charge is 0.276 e. The molecular weight excluding hydrogens is 245 g/mol. The van der Waals surface area contributed by atoms with Gasteiger partial charge in [0.2, 0.25) is 0 Å². The molecule has 2 rings (SSSR count). The number of nitrogens with zero attached hydrogens (tertiary/aromatic N) is 2. The van der Waals surface area contributed by atoms with Crippen molar-refractivity contribution in [2.75, 3.05) is 0 Å². The lowest BCUT2D eigenvalue weighted by molar-refractivity contribution is -0.166. The third-order valence-corrected chi connectivity index (χ3v) is 2.43. The van der Waals surface area contributed by atoms with E-state index in [4.69, 9.17) is 11.6 Å². The van der Waals surface area contributed by atoms with Gasteiger partial charge in [-0.25, -0.2) is 0 Å². The van der Waals surface area contributed by atoms with Gasteiger partial charge in [-0.3, -0.25) is 4.79 Å². The van der Waals surface area contributed by atoms with Crippen LogP contribution in [-0.4, -0.2) is 11.4 Å². The van der Waals surface area contributed by atoms with E-state index in [1.165, 1.54) is 12.1 Å². The molecule has 0 aromatic heterocycles. The number of carbonyl (C=O) groups is 1. The highest BCUT2D eigenvalue weighted by molar-refractivity contribution is 6.67. The Hall–Kier alpha value is -1.43. The molecule has 16 heavy (non-hydrogen) atoms. The average molecular weight is 249 g/mol. The monoisotopic (exact) mass is 248 g/mol. The second-order valence-electron chi connectivity index (χ2n) is 3.22. The van der Waals surface area contributed by atoms with Crippen molar-refractivity contribution in [3.63, 3.8) is 0 Å². The van der Waals surface area contributed by atoms with Crippen molar-refractivity contribution >= 4 is 16.8 Å². The Morgan fingerprint density at radius 2 is 1.69 bits per heavy atom. The van der Waals surface area contributed by atoms with Crippen LogP contribution in [0.5, 0.6) is 0 Å². The first-order valence-electron chi connectivity index (χ1n) is 4.18. The molecular formula is C9H4ClF3N2O. The fourth-order valence-corrected chi connectivity index (χ4v) is 1.40. The lowest BCUT2D eigenvalue weighted by atomic mass is 10.0. The molecule has 0 radical (unpaired) electrons. The molecule has 0 atom stereocenters. The summed E-state index contributed by atoms with van der Waals surface area (Å²) in [6.07, 6.45) is -4.56. The molecule has 0 amide bonds. The van der Waals surface area contributed by atoms with Crippen LogP contribution in [0.4, 0.5) is 13.2 Å². The summed E-state index contributed by atoms with van der Waals surface area (Å²) in [4.78, 5) is 10.7. The minimum atomic E-state index is -4.56. The second kappa shape index (κ2) is 3.28. The first-order valence-corrected chi connectivity index (χ1v) is 4.56. The van der Waals surface area contributed by atoms with Crippen molar-refractivity contribution in [2.45, 2.75) is 11.8 Å². The number of carbonyl (C=O) groups excluding carboxylic acids is 1. The molecule has 0 bridgehead atoms. The van der Waals surface area contributed by atoms with Crippen LogP contribution in [0, 0.1) is 0 Å². The summed E-state index contributed by atoms with van der Waals surface area (Å²) in [7, 11) is 0. The second-order valence-corrected chi connectivity index (χ2v) is 3.56. The van der Waals surface area contributed by atoms with Gasteiger partial charge in [-0.15, -0.1) is 10.2 Å². The molecule has 0 aliphatic carbocycles. The Morgan fingerprint density at radius 1 is 1.19 bits per heavy atom. The highest BCUT2D eigenvalue weighted by Gasteiger charge is 2.65. The Labute approximate surface area is 92.9 Å². The normalized spacial score (nSPS) is 17.2. The van der Waals surface area contributed by atoms with E-state index in [-0.39, 0.29) is 11.1 Å². The quantitative estimate of drug-likeness (QED) is 0.741. The third-order valence-electron chi connectivity index (χ3n) is 2.21. The van der Waals surface area contributed by atoms with Crippen molar-refractivity contribution < 1.29 is 18.0 Å². The summed E-state index contributed by atoms with van der Waals surface area (Å²) in [5, 5.41) is 5.34. The number of halogens is 4. The van der Waals surface area contributed by atoms with E-state index in [0.29, 0.717) is 0 Å². The van der Waals surface area contributed by atoms with Gasteiger partial charge in [0.25, 0.3) is 5.24 Å². The number of hydrogen-bond acceptors (Lipinski definition) is 3. The van der Waals surface area contributed by atoms with Crippen LogP contribution in [0.2, 0.25) is 0 Å². The molecule has 84 valence electrons. The minimum Gasteiger partial charge on any atom is -0.276 e. The van der Waals surface area contributed by atoms with Crippen molar-refractivity contribution in [3.8, 4) is 0 Å². The lowest BCUT2D eigenvalue weighted by Gasteiger charge is -2.14. The molecule has 0 saturated carbocycles. The van der Waals surface area contributed by atoms with Crippen LogP contribution in [0.1, 0.15) is 15.9 Å². The summed E-state index contributed by atoms with van der Waals surface area (Å²) in [5.41, 5.74) is -2.44. The van der Waals surface area contributed by atoms with Crippen molar-refractivity contribution in [1.29, 1.82) is 0 Å². The molecule has 0 fully saturated rings. The van der Waals surface area contributed by atoms with Gasteiger partial charge in [-0.05, 0) is 23.7 Å². The first-order chi connectivity index (χ1) is 7.37. The van der Waals surface area contributed by atoms with Gasteiger partial charge in [-0.2, -0.15) is 13.2 Å². The zero-order chi connectivity index (χ0) is 12.0. The summed E-state index contributed by atoms with van der Waals surface area (Å²) in [5.74, 6) is 0. The molecule has 1 aliphatic rings. The lowest BCUT2D eigenvalue weighted by Crippen LogP contribution is -2.30. The highest BCUT2D eigenvalue weighted by Crippen LogP contribution is 2.52. The van der Waals surface area contributed by atoms with Crippen LogP contribution in [0.25, 0.3) is 0 Å². The minimum absolute atomic E-state index is 0.123. The topological polar surface area (TPSA) is 41.8 Å². The number of benzene rings is 1. The third kappa shape index (κ3) is 1.59. The van der Waals surface area contributed by atoms with Gasteiger partial charge in [0.1, 0.15) is 0 Å². The number of rotatable bonds is 2. The summed E-state index contributed by atoms with van der Waals surface area (Å²) in [6.45, 7) is 0. The van der Waals surface area contributed by atoms with Crippen molar-refractivity contribution in [2.24, 2.45) is 10.2 Å². The van der Waals surface area contributed by atoms with Crippen LogP contribution >= 0.6 is 11.6 Å². The van der Waals surface area contributed by atoms with Gasteiger partial charge in [0.05, 0.1) is 0 Å². The van der Waals surface area contributed by atoms with Gasteiger partial charge in [-0.1, -0.05) is 12.1 Å². The molecule has 3 nitrogen and oxygen atoms in total. The molecule has 0 saturated heterocycles. The molecule has 0 spiro atoms. The van der Waals surface area contributed by atoms with Crippen LogP contribution in [0.15, 0.2) is 34.5 Å². The number of hydrogen-bond donors (Lipinski definition) is 0. The zero-order valence-corrected chi connectivity index (χ0v) is 8.38. The largest absolute Gasteiger partial charge is 0.442 e. The molecule has 1 heterocycles. The van der Waals surface area contributed by atoms with Crippen LogP contribution in [0.3, 0.4) is 0 Å². The van der Waals surface area contributed by atoms with E-state index in [2.05, 4.69) is 10.2 Å². The first kappa shape index (κ1) is 11.1. The van der Waals surface area contributed by atoms with Gasteiger partial charge in [0, 0.05) is 11.1 Å². The van der Waals surface area contributed by atoms with E-state index in [0.717, 1.165) is 12.1 Å². The summed E-state index contributed by atoms with van der Waals surface area (Å²) >= 11 is 5.17. The molecule has 1 aromatic carbocycles. The Balaban J connectivity index is 2.33. The molecule has 0 N–H and O–H groups in total. The van der Waals surface area contributed by atoms with Crippen molar-refractivity contribution in [3.05, 3.63) is 35.4 Å². The zero-order valence-electron chi connectivity index (χ0n) is 7.62. The van der Waals surface area contributed by atoms with E-state index in [1.54, 1.807) is 0 Å². The summed E-state index contributed by atoms with van der Waals surface area (Å²) < 4.78 is 37.7. The maximum atomic E-state index is 12.6. The van der Waals surface area contributed by atoms with E-state index in [9.17, 15) is 18.0 Å². The fourth-order valence-electron chi connectivity index (χ4n) is 1.28. The maximum absolute atomic E-state index is 12.6. The summed E-state index contributed by atoms with van der Waals surface area (Å²) in [6, 6.07) is 4.70. The molecule has 7 heteroatoms. The Kier molecular flexibility index (Phi) is 2.27. The van der Waals surface area contributed by atoms with E-state index < -0.39 is 17.1 Å². The average Bonchev–Trinajstić information content (AvgIpc) is 2.97.